The third-order valence-electron chi connectivity index (χ3n) is 6.24. The molecule has 1 unspecified atom stereocenters. The largest absolute Gasteiger partial charge is 0.483 e. The minimum Gasteiger partial charge on any atom is -0.483 e. The minimum atomic E-state index is -0.292. The van der Waals surface area contributed by atoms with Crippen molar-refractivity contribution in [2.45, 2.75) is 45.6 Å². The fourth-order valence-corrected chi connectivity index (χ4v) is 4.86. The molecule has 1 heterocycles. The van der Waals surface area contributed by atoms with E-state index in [0.29, 0.717) is 11.7 Å². The Labute approximate surface area is 190 Å². The van der Waals surface area contributed by atoms with Gasteiger partial charge in [-0.05, 0) is 67.8 Å². The van der Waals surface area contributed by atoms with Crippen LogP contribution in [0.1, 0.15) is 51.2 Å². The molecule has 0 fully saturated rings. The topological polar surface area (TPSA) is 53.9 Å². The molecule has 0 bridgehead atoms. The fourth-order valence-electron chi connectivity index (χ4n) is 4.86. The predicted molar refractivity (Wildman–Crippen MR) is 132 cm³/mol. The Bertz CT molecular complexity index is 1150. The number of anilines is 1. The van der Waals surface area contributed by atoms with Crippen LogP contribution in [0, 0.1) is 0 Å². The number of hydrogen-bond donors (Lipinski definition) is 1. The van der Waals surface area contributed by atoms with Crippen molar-refractivity contribution in [3.63, 3.8) is 0 Å². The molecule has 0 spiro atoms. The zero-order valence-electron chi connectivity index (χ0n) is 19.3. The predicted octanol–water partition coefficient (Wildman–Crippen LogP) is 5.48. The van der Waals surface area contributed by atoms with Gasteiger partial charge in [0.05, 0.1) is 6.21 Å². The second-order valence-electron chi connectivity index (χ2n) is 9.04. The molecule has 1 atom stereocenters. The van der Waals surface area contributed by atoms with Crippen LogP contribution >= 0.6 is 0 Å². The summed E-state index contributed by atoms with van der Waals surface area (Å²) < 4.78 is 5.72. The Morgan fingerprint density at radius 1 is 1.19 bits per heavy atom. The lowest BCUT2D eigenvalue weighted by Crippen LogP contribution is -2.48. The molecule has 1 aliphatic heterocycles. The summed E-state index contributed by atoms with van der Waals surface area (Å²) in [6.07, 6.45) is 2.80. The molecular formula is C27H31N3O2. The van der Waals surface area contributed by atoms with Gasteiger partial charge in [-0.2, -0.15) is 5.10 Å². The standard InChI is InChI=1S/C27H31N3O2/c1-5-30-24-14-13-20(15-23(24)19(2)16-27(30,3)4)17-28-29-26(31)18-32-25-12-8-10-21-9-6-7-11-22(21)25/h6-15,17,19H,5,16,18H2,1-4H3,(H,29,31)/b28-17-. The molecule has 0 radical (unpaired) electrons. The van der Waals surface area contributed by atoms with E-state index in [1.165, 1.54) is 11.3 Å². The Morgan fingerprint density at radius 3 is 2.78 bits per heavy atom. The van der Waals surface area contributed by atoms with Crippen LogP contribution in [0.25, 0.3) is 10.8 Å². The number of carbonyl (C=O) groups excluding carboxylic acids is 1. The number of carbonyl (C=O) groups is 1. The van der Waals surface area contributed by atoms with Crippen LogP contribution in [-0.4, -0.2) is 30.8 Å². The molecule has 5 heteroatoms. The van der Waals surface area contributed by atoms with Crippen molar-refractivity contribution in [1.29, 1.82) is 0 Å². The lowest BCUT2D eigenvalue weighted by Gasteiger charge is -2.47. The highest BCUT2D eigenvalue weighted by Gasteiger charge is 2.35. The van der Waals surface area contributed by atoms with Gasteiger partial charge in [0.2, 0.25) is 0 Å². The zero-order valence-corrected chi connectivity index (χ0v) is 19.3. The summed E-state index contributed by atoms with van der Waals surface area (Å²) in [5, 5.41) is 6.20. The van der Waals surface area contributed by atoms with Crippen LogP contribution in [-0.2, 0) is 4.79 Å². The molecule has 0 aliphatic carbocycles. The highest BCUT2D eigenvalue weighted by molar-refractivity contribution is 5.89. The molecule has 3 aromatic rings. The molecule has 166 valence electrons. The van der Waals surface area contributed by atoms with E-state index >= 15 is 0 Å². The van der Waals surface area contributed by atoms with E-state index in [4.69, 9.17) is 4.74 Å². The maximum absolute atomic E-state index is 12.2. The molecule has 1 aliphatic rings. The maximum atomic E-state index is 12.2. The van der Waals surface area contributed by atoms with E-state index < -0.39 is 0 Å². The van der Waals surface area contributed by atoms with Crippen molar-refractivity contribution in [1.82, 2.24) is 5.43 Å². The van der Waals surface area contributed by atoms with Crippen molar-refractivity contribution < 1.29 is 9.53 Å². The monoisotopic (exact) mass is 429 g/mol. The normalized spacial score (nSPS) is 17.4. The number of amides is 1. The number of nitrogens with one attached hydrogen (secondary N) is 1. The Morgan fingerprint density at radius 2 is 1.97 bits per heavy atom. The molecule has 3 aromatic carbocycles. The van der Waals surface area contributed by atoms with E-state index in [1.807, 2.05) is 42.5 Å². The summed E-state index contributed by atoms with van der Waals surface area (Å²) in [6, 6.07) is 20.2. The Kier molecular flexibility index (Phi) is 6.17. The SMILES string of the molecule is CCN1c2ccc(/C=N\NC(=O)COc3cccc4ccccc34)cc2C(C)CC1(C)C. The quantitative estimate of drug-likeness (QED) is 0.417. The average molecular weight is 430 g/mol. The average Bonchev–Trinajstić information content (AvgIpc) is 2.77. The first-order valence-electron chi connectivity index (χ1n) is 11.2. The number of rotatable bonds is 6. The minimum absolute atomic E-state index is 0.0902. The van der Waals surface area contributed by atoms with E-state index in [-0.39, 0.29) is 18.1 Å². The summed E-state index contributed by atoms with van der Waals surface area (Å²) in [7, 11) is 0. The maximum Gasteiger partial charge on any atom is 0.277 e. The van der Waals surface area contributed by atoms with Crippen LogP contribution in [0.3, 0.4) is 0 Å². The summed E-state index contributed by atoms with van der Waals surface area (Å²) in [6.45, 7) is 9.98. The summed E-state index contributed by atoms with van der Waals surface area (Å²) in [5.74, 6) is 0.869. The molecule has 0 aromatic heterocycles. The van der Waals surface area contributed by atoms with Crippen LogP contribution < -0.4 is 15.1 Å². The van der Waals surface area contributed by atoms with Crippen molar-refractivity contribution in [3.05, 3.63) is 71.8 Å². The van der Waals surface area contributed by atoms with Crippen LogP contribution in [0.5, 0.6) is 5.75 Å². The molecule has 5 nitrogen and oxygen atoms in total. The van der Waals surface area contributed by atoms with Crippen molar-refractivity contribution in [2.75, 3.05) is 18.1 Å². The molecular weight excluding hydrogens is 398 g/mol. The van der Waals surface area contributed by atoms with E-state index in [2.05, 4.69) is 61.3 Å². The molecule has 0 saturated heterocycles. The lowest BCUT2D eigenvalue weighted by molar-refractivity contribution is -0.123. The van der Waals surface area contributed by atoms with Gasteiger partial charge in [0.1, 0.15) is 5.75 Å². The van der Waals surface area contributed by atoms with E-state index in [1.54, 1.807) is 6.21 Å². The third kappa shape index (κ3) is 4.47. The molecule has 1 N–H and O–H groups in total. The van der Waals surface area contributed by atoms with Gasteiger partial charge in [-0.15, -0.1) is 0 Å². The molecule has 0 saturated carbocycles. The van der Waals surface area contributed by atoms with Gasteiger partial charge in [0.15, 0.2) is 6.61 Å². The number of hydrogen-bond acceptors (Lipinski definition) is 4. The smallest absolute Gasteiger partial charge is 0.277 e. The van der Waals surface area contributed by atoms with Gasteiger partial charge in [0.25, 0.3) is 5.91 Å². The van der Waals surface area contributed by atoms with Gasteiger partial charge >= 0.3 is 0 Å². The number of ether oxygens (including phenoxy) is 1. The molecule has 4 rings (SSSR count). The van der Waals surface area contributed by atoms with Crippen LogP contribution in [0.4, 0.5) is 5.69 Å². The Hall–Kier alpha value is -3.34. The number of hydrazone groups is 1. The van der Waals surface area contributed by atoms with Crippen molar-refractivity contribution >= 4 is 28.6 Å². The first-order chi connectivity index (χ1) is 15.4. The highest BCUT2D eigenvalue weighted by atomic mass is 16.5. The number of nitrogens with zero attached hydrogens (tertiary/aromatic N) is 2. The summed E-state index contributed by atoms with van der Waals surface area (Å²) >= 11 is 0. The van der Waals surface area contributed by atoms with Gasteiger partial charge in [-0.25, -0.2) is 5.43 Å². The fraction of sp³-hybridized carbons (Fsp3) is 0.333. The lowest BCUT2D eigenvalue weighted by atomic mass is 9.79. The zero-order chi connectivity index (χ0) is 22.7. The van der Waals surface area contributed by atoms with Crippen molar-refractivity contribution in [2.24, 2.45) is 5.10 Å². The van der Waals surface area contributed by atoms with Gasteiger partial charge in [0, 0.05) is 23.2 Å². The summed E-state index contributed by atoms with van der Waals surface area (Å²) in [5.41, 5.74) is 6.32. The van der Waals surface area contributed by atoms with Crippen molar-refractivity contribution in [3.8, 4) is 5.75 Å². The first-order valence-corrected chi connectivity index (χ1v) is 11.2. The number of fused-ring (bicyclic) bond motifs is 2. The molecule has 32 heavy (non-hydrogen) atoms. The second kappa shape index (κ2) is 9.03. The van der Waals surface area contributed by atoms with Gasteiger partial charge in [-0.1, -0.05) is 49.4 Å². The third-order valence-corrected chi connectivity index (χ3v) is 6.24. The number of benzene rings is 3. The van der Waals surface area contributed by atoms with Crippen LogP contribution in [0.15, 0.2) is 65.8 Å². The molecule has 1 amide bonds. The van der Waals surface area contributed by atoms with Gasteiger partial charge < -0.3 is 9.64 Å². The van der Waals surface area contributed by atoms with E-state index in [9.17, 15) is 4.79 Å². The highest BCUT2D eigenvalue weighted by Crippen LogP contribution is 2.43. The second-order valence-corrected chi connectivity index (χ2v) is 9.04. The van der Waals surface area contributed by atoms with E-state index in [0.717, 1.165) is 29.3 Å². The van der Waals surface area contributed by atoms with Gasteiger partial charge in [-0.3, -0.25) is 4.79 Å². The summed E-state index contributed by atoms with van der Waals surface area (Å²) in [4.78, 5) is 14.7. The first kappa shape index (κ1) is 21.9. The Balaban J connectivity index is 1.39. The van der Waals surface area contributed by atoms with Crippen LogP contribution in [0.2, 0.25) is 0 Å².